The molecular formula is C16H24N2O4. The Hall–Kier alpha value is -1.79. The zero-order chi connectivity index (χ0) is 16.5. The van der Waals surface area contributed by atoms with Crippen LogP contribution in [0.3, 0.4) is 0 Å². The molecule has 2 rings (SSSR count). The molecule has 1 saturated carbocycles. The van der Waals surface area contributed by atoms with Gasteiger partial charge in [0, 0.05) is 29.3 Å². The van der Waals surface area contributed by atoms with E-state index in [9.17, 15) is 15.0 Å². The summed E-state index contributed by atoms with van der Waals surface area (Å²) >= 11 is 0. The first-order valence-corrected chi connectivity index (χ1v) is 7.37. The third-order valence-corrected chi connectivity index (χ3v) is 3.86. The van der Waals surface area contributed by atoms with Crippen molar-refractivity contribution in [2.75, 3.05) is 11.9 Å². The van der Waals surface area contributed by atoms with Crippen molar-refractivity contribution in [2.45, 2.75) is 50.7 Å². The lowest BCUT2D eigenvalue weighted by Gasteiger charge is -2.45. The van der Waals surface area contributed by atoms with Crippen LogP contribution < -0.4 is 11.1 Å². The van der Waals surface area contributed by atoms with Gasteiger partial charge in [-0.1, -0.05) is 6.07 Å². The van der Waals surface area contributed by atoms with Gasteiger partial charge in [0.2, 0.25) is 0 Å². The molecule has 0 aliphatic heterocycles. The van der Waals surface area contributed by atoms with Crippen molar-refractivity contribution in [2.24, 2.45) is 5.73 Å². The monoisotopic (exact) mass is 308 g/mol. The molecule has 1 amide bonds. The van der Waals surface area contributed by atoms with Crippen LogP contribution in [0.1, 0.15) is 39.2 Å². The highest BCUT2D eigenvalue weighted by atomic mass is 16.6. The Bertz CT molecular complexity index is 560. The molecule has 6 nitrogen and oxygen atoms in total. The average Bonchev–Trinajstić information content (AvgIpc) is 2.33. The van der Waals surface area contributed by atoms with E-state index in [4.69, 9.17) is 10.5 Å². The first-order valence-electron chi connectivity index (χ1n) is 7.37. The molecule has 0 aromatic heterocycles. The van der Waals surface area contributed by atoms with Crippen LogP contribution >= 0.6 is 0 Å². The Morgan fingerprint density at radius 1 is 1.45 bits per heavy atom. The summed E-state index contributed by atoms with van der Waals surface area (Å²) in [5.41, 5.74) is 5.99. The maximum absolute atomic E-state index is 11.7. The molecule has 1 fully saturated rings. The fraction of sp³-hybridized carbons (Fsp3) is 0.562. The van der Waals surface area contributed by atoms with E-state index in [1.807, 2.05) is 0 Å². The SMILES string of the molecule is CC(C)(C)OC(=O)Nc1ccc(C2(CN)CC(O)C2)c(O)c1. The summed E-state index contributed by atoms with van der Waals surface area (Å²) in [6, 6.07) is 4.91. The van der Waals surface area contributed by atoms with Gasteiger partial charge in [-0.3, -0.25) is 5.32 Å². The van der Waals surface area contributed by atoms with Gasteiger partial charge in [-0.2, -0.15) is 0 Å². The molecule has 6 heteroatoms. The first-order chi connectivity index (χ1) is 10.1. The van der Waals surface area contributed by atoms with Gasteiger partial charge in [0.1, 0.15) is 11.4 Å². The van der Waals surface area contributed by atoms with Crippen molar-refractivity contribution in [1.82, 2.24) is 0 Å². The van der Waals surface area contributed by atoms with Crippen LogP contribution in [0.5, 0.6) is 5.75 Å². The highest BCUT2D eigenvalue weighted by molar-refractivity contribution is 5.85. The lowest BCUT2D eigenvalue weighted by atomic mass is 9.62. The summed E-state index contributed by atoms with van der Waals surface area (Å²) in [7, 11) is 0. The van der Waals surface area contributed by atoms with Crippen molar-refractivity contribution in [1.29, 1.82) is 0 Å². The van der Waals surface area contributed by atoms with Crippen molar-refractivity contribution < 1.29 is 19.7 Å². The molecule has 5 N–H and O–H groups in total. The maximum atomic E-state index is 11.7. The van der Waals surface area contributed by atoms with Gasteiger partial charge < -0.3 is 20.7 Å². The molecule has 1 aromatic rings. The van der Waals surface area contributed by atoms with Gasteiger partial charge in [0.05, 0.1) is 6.10 Å². The number of carbonyl (C=O) groups excluding carboxylic acids is 1. The van der Waals surface area contributed by atoms with E-state index < -0.39 is 11.7 Å². The molecule has 0 bridgehead atoms. The highest BCUT2D eigenvalue weighted by Crippen LogP contribution is 2.46. The number of amides is 1. The summed E-state index contributed by atoms with van der Waals surface area (Å²) in [6.07, 6.45) is 0.126. The van der Waals surface area contributed by atoms with Gasteiger partial charge in [-0.05, 0) is 39.7 Å². The van der Waals surface area contributed by atoms with Crippen LogP contribution in [0.25, 0.3) is 0 Å². The van der Waals surface area contributed by atoms with Gasteiger partial charge >= 0.3 is 6.09 Å². The molecular weight excluding hydrogens is 284 g/mol. The summed E-state index contributed by atoms with van der Waals surface area (Å²) in [6.45, 7) is 5.69. The fourth-order valence-electron chi connectivity index (χ4n) is 2.82. The zero-order valence-electron chi connectivity index (χ0n) is 13.2. The van der Waals surface area contributed by atoms with Crippen LogP contribution in [0, 0.1) is 0 Å². The number of aliphatic hydroxyl groups excluding tert-OH is 1. The van der Waals surface area contributed by atoms with Crippen LogP contribution in [0.15, 0.2) is 18.2 Å². The molecule has 1 aliphatic carbocycles. The number of benzene rings is 1. The number of anilines is 1. The van der Waals surface area contributed by atoms with E-state index in [0.717, 1.165) is 0 Å². The molecule has 0 spiro atoms. The Balaban J connectivity index is 2.12. The number of ether oxygens (including phenoxy) is 1. The van der Waals surface area contributed by atoms with E-state index in [1.54, 1.807) is 32.9 Å². The van der Waals surface area contributed by atoms with Gasteiger partial charge in [0.15, 0.2) is 0 Å². The number of aliphatic hydroxyl groups is 1. The standard InChI is InChI=1S/C16H24N2O4/c1-15(2,3)22-14(21)18-10-4-5-12(13(20)6-10)16(9-17)7-11(19)8-16/h4-6,11,19-20H,7-9,17H2,1-3H3,(H,18,21). The number of phenols is 1. The van der Waals surface area contributed by atoms with E-state index in [2.05, 4.69) is 5.32 Å². The van der Waals surface area contributed by atoms with E-state index >= 15 is 0 Å². The number of phenolic OH excluding ortho intramolecular Hbond substituents is 1. The van der Waals surface area contributed by atoms with Gasteiger partial charge in [-0.15, -0.1) is 0 Å². The van der Waals surface area contributed by atoms with Crippen LogP contribution in [-0.2, 0) is 10.2 Å². The number of rotatable bonds is 3. The number of nitrogens with two attached hydrogens (primary N) is 1. The molecule has 0 saturated heterocycles. The Labute approximate surface area is 130 Å². The van der Waals surface area contributed by atoms with Crippen molar-refractivity contribution in [3.8, 4) is 5.75 Å². The quantitative estimate of drug-likeness (QED) is 0.684. The zero-order valence-corrected chi connectivity index (χ0v) is 13.2. The summed E-state index contributed by atoms with van der Waals surface area (Å²) in [5, 5.41) is 22.3. The Morgan fingerprint density at radius 3 is 2.55 bits per heavy atom. The number of hydrogen-bond donors (Lipinski definition) is 4. The van der Waals surface area contributed by atoms with E-state index in [1.165, 1.54) is 6.07 Å². The second-order valence-corrected chi connectivity index (χ2v) is 6.91. The van der Waals surface area contributed by atoms with Crippen molar-refractivity contribution in [3.05, 3.63) is 23.8 Å². The number of hydrogen-bond acceptors (Lipinski definition) is 5. The third kappa shape index (κ3) is 3.51. The van der Waals surface area contributed by atoms with Crippen LogP contribution in [0.4, 0.5) is 10.5 Å². The van der Waals surface area contributed by atoms with E-state index in [-0.39, 0.29) is 17.3 Å². The third-order valence-electron chi connectivity index (χ3n) is 3.86. The molecule has 0 radical (unpaired) electrons. The lowest BCUT2D eigenvalue weighted by molar-refractivity contribution is 0.0211. The van der Waals surface area contributed by atoms with Gasteiger partial charge in [0.25, 0.3) is 0 Å². The summed E-state index contributed by atoms with van der Waals surface area (Å²) < 4.78 is 5.16. The first kappa shape index (κ1) is 16.6. The second kappa shape index (κ2) is 5.78. The number of nitrogens with one attached hydrogen (secondary N) is 1. The van der Waals surface area contributed by atoms with Gasteiger partial charge in [-0.25, -0.2) is 4.79 Å². The van der Waals surface area contributed by atoms with Crippen LogP contribution in [0.2, 0.25) is 0 Å². The molecule has 0 atom stereocenters. The molecule has 1 aromatic carbocycles. The maximum Gasteiger partial charge on any atom is 0.412 e. The number of aromatic hydroxyl groups is 1. The van der Waals surface area contributed by atoms with Crippen LogP contribution in [-0.4, -0.2) is 34.6 Å². The predicted molar refractivity (Wildman–Crippen MR) is 83.9 cm³/mol. The molecule has 0 heterocycles. The number of carbonyl (C=O) groups is 1. The smallest absolute Gasteiger partial charge is 0.412 e. The highest BCUT2D eigenvalue weighted by Gasteiger charge is 2.45. The largest absolute Gasteiger partial charge is 0.508 e. The topological polar surface area (TPSA) is 105 Å². The molecule has 1 aliphatic rings. The van der Waals surface area contributed by atoms with Crippen molar-refractivity contribution >= 4 is 11.8 Å². The van der Waals surface area contributed by atoms with E-state index in [0.29, 0.717) is 30.6 Å². The molecule has 22 heavy (non-hydrogen) atoms. The molecule has 122 valence electrons. The fourth-order valence-corrected chi connectivity index (χ4v) is 2.82. The summed E-state index contributed by atoms with van der Waals surface area (Å²) in [5.74, 6) is 0.0610. The molecule has 0 unspecified atom stereocenters. The van der Waals surface area contributed by atoms with Crippen molar-refractivity contribution in [3.63, 3.8) is 0 Å². The Morgan fingerprint density at radius 2 is 2.09 bits per heavy atom. The Kier molecular flexibility index (Phi) is 4.35. The predicted octanol–water partition coefficient (Wildman–Crippen LogP) is 2.09. The normalized spacial score (nSPS) is 24.5. The minimum absolute atomic E-state index is 0.0610. The minimum Gasteiger partial charge on any atom is -0.508 e. The summed E-state index contributed by atoms with van der Waals surface area (Å²) in [4.78, 5) is 11.7. The minimum atomic E-state index is -0.586. The average molecular weight is 308 g/mol. The second-order valence-electron chi connectivity index (χ2n) is 6.91. The lowest BCUT2D eigenvalue weighted by Crippen LogP contribution is -2.49.